The van der Waals surface area contributed by atoms with Crippen LogP contribution in [0.3, 0.4) is 0 Å². The van der Waals surface area contributed by atoms with Gasteiger partial charge in [0.25, 0.3) is 0 Å². The molecule has 0 aliphatic heterocycles. The van der Waals surface area contributed by atoms with Crippen LogP contribution in [0.15, 0.2) is 48.7 Å². The van der Waals surface area contributed by atoms with E-state index in [0.29, 0.717) is 11.7 Å². The second-order valence-electron chi connectivity index (χ2n) is 6.57. The molecule has 5 rings (SSSR count). The van der Waals surface area contributed by atoms with Crippen molar-refractivity contribution < 1.29 is 0 Å². The molecule has 1 aliphatic carbocycles. The standard InChI is InChI=1S/C20H17N5/c1-12-22-19(16-11-21-25-20(16)23-12)18-8-4-7-17(24-18)15-9-13-5-2-3-6-14(13)10-15/h2-8,11,15H,9-10H2,1H3,(H,21,22,23,25). The van der Waals surface area contributed by atoms with Gasteiger partial charge in [0.2, 0.25) is 0 Å². The molecule has 1 aliphatic rings. The summed E-state index contributed by atoms with van der Waals surface area (Å²) in [7, 11) is 0. The minimum Gasteiger partial charge on any atom is -0.261 e. The van der Waals surface area contributed by atoms with Crippen LogP contribution < -0.4 is 0 Å². The number of hydrogen-bond acceptors (Lipinski definition) is 4. The summed E-state index contributed by atoms with van der Waals surface area (Å²) in [6.45, 7) is 1.89. The van der Waals surface area contributed by atoms with E-state index in [1.165, 1.54) is 11.1 Å². The first-order valence-corrected chi connectivity index (χ1v) is 8.50. The van der Waals surface area contributed by atoms with Crippen LogP contribution in [0.5, 0.6) is 0 Å². The number of rotatable bonds is 2. The van der Waals surface area contributed by atoms with E-state index in [0.717, 1.165) is 41.0 Å². The molecule has 0 atom stereocenters. The molecule has 0 radical (unpaired) electrons. The Bertz CT molecular complexity index is 1060. The van der Waals surface area contributed by atoms with E-state index >= 15 is 0 Å². The molecule has 0 saturated heterocycles. The zero-order valence-corrected chi connectivity index (χ0v) is 13.9. The van der Waals surface area contributed by atoms with Crippen LogP contribution in [-0.4, -0.2) is 25.1 Å². The molecule has 0 fully saturated rings. The van der Waals surface area contributed by atoms with E-state index in [1.807, 2.05) is 13.0 Å². The van der Waals surface area contributed by atoms with Crippen LogP contribution in [0.1, 0.15) is 28.6 Å². The lowest BCUT2D eigenvalue weighted by Crippen LogP contribution is -2.03. The maximum atomic E-state index is 4.95. The normalized spacial score (nSPS) is 14.1. The van der Waals surface area contributed by atoms with Gasteiger partial charge in [-0.3, -0.25) is 10.1 Å². The van der Waals surface area contributed by atoms with E-state index in [4.69, 9.17) is 4.98 Å². The second-order valence-corrected chi connectivity index (χ2v) is 6.57. The largest absolute Gasteiger partial charge is 0.261 e. The summed E-state index contributed by atoms with van der Waals surface area (Å²) < 4.78 is 0. The zero-order valence-electron chi connectivity index (χ0n) is 13.9. The lowest BCUT2D eigenvalue weighted by Gasteiger charge is -2.11. The van der Waals surface area contributed by atoms with Crippen molar-refractivity contribution in [3.05, 3.63) is 71.3 Å². The van der Waals surface area contributed by atoms with E-state index in [2.05, 4.69) is 56.6 Å². The van der Waals surface area contributed by atoms with Gasteiger partial charge in [0, 0.05) is 11.6 Å². The molecular weight excluding hydrogens is 310 g/mol. The molecule has 0 saturated carbocycles. The van der Waals surface area contributed by atoms with E-state index in [1.54, 1.807) is 6.20 Å². The molecule has 3 heterocycles. The van der Waals surface area contributed by atoms with Gasteiger partial charge in [0.15, 0.2) is 5.65 Å². The molecule has 0 spiro atoms. The van der Waals surface area contributed by atoms with Crippen LogP contribution in [0.25, 0.3) is 22.4 Å². The van der Waals surface area contributed by atoms with E-state index in [9.17, 15) is 0 Å². The van der Waals surface area contributed by atoms with Crippen LogP contribution in [0, 0.1) is 6.92 Å². The highest BCUT2D eigenvalue weighted by Gasteiger charge is 2.24. The molecule has 0 amide bonds. The minimum absolute atomic E-state index is 0.431. The average Bonchev–Trinajstić information content (AvgIpc) is 3.27. The molecule has 3 aromatic heterocycles. The van der Waals surface area contributed by atoms with Gasteiger partial charge in [-0.25, -0.2) is 9.97 Å². The van der Waals surface area contributed by atoms with Crippen molar-refractivity contribution in [1.29, 1.82) is 0 Å². The highest BCUT2D eigenvalue weighted by atomic mass is 15.1. The zero-order chi connectivity index (χ0) is 16.8. The first-order chi connectivity index (χ1) is 12.3. The number of H-pyrrole nitrogens is 1. The maximum absolute atomic E-state index is 4.95. The number of nitrogens with one attached hydrogen (secondary N) is 1. The van der Waals surface area contributed by atoms with Crippen molar-refractivity contribution in [2.75, 3.05) is 0 Å². The molecule has 1 aromatic carbocycles. The second kappa shape index (κ2) is 5.48. The van der Waals surface area contributed by atoms with Gasteiger partial charge in [0.1, 0.15) is 11.5 Å². The molecular formula is C20H17N5. The molecule has 4 aromatic rings. The van der Waals surface area contributed by atoms with Gasteiger partial charge >= 0.3 is 0 Å². The number of aromatic amines is 1. The predicted molar refractivity (Wildman–Crippen MR) is 96.2 cm³/mol. The number of nitrogens with zero attached hydrogens (tertiary/aromatic N) is 4. The topological polar surface area (TPSA) is 67.3 Å². The molecule has 1 N–H and O–H groups in total. The summed E-state index contributed by atoms with van der Waals surface area (Å²) in [6, 6.07) is 14.9. The van der Waals surface area contributed by atoms with Crippen molar-refractivity contribution in [2.45, 2.75) is 25.7 Å². The Labute approximate surface area is 145 Å². The SMILES string of the molecule is Cc1nc(-c2cccc(C3Cc4ccccc4C3)n2)c2cn[nH]c2n1. The van der Waals surface area contributed by atoms with Crippen molar-refractivity contribution in [3.8, 4) is 11.4 Å². The molecule has 0 unspecified atom stereocenters. The van der Waals surface area contributed by atoms with Crippen molar-refractivity contribution in [3.63, 3.8) is 0 Å². The van der Waals surface area contributed by atoms with Gasteiger partial charge in [-0.1, -0.05) is 30.3 Å². The van der Waals surface area contributed by atoms with Crippen molar-refractivity contribution in [2.24, 2.45) is 0 Å². The number of pyridine rings is 1. The van der Waals surface area contributed by atoms with E-state index < -0.39 is 0 Å². The molecule has 122 valence electrons. The number of benzene rings is 1. The van der Waals surface area contributed by atoms with Crippen LogP contribution in [-0.2, 0) is 12.8 Å². The van der Waals surface area contributed by atoms with Gasteiger partial charge in [-0.15, -0.1) is 0 Å². The summed E-state index contributed by atoms with van der Waals surface area (Å²) in [5, 5.41) is 7.93. The van der Waals surface area contributed by atoms with Gasteiger partial charge in [0.05, 0.1) is 17.3 Å². The number of aromatic nitrogens is 5. The summed E-state index contributed by atoms with van der Waals surface area (Å²) in [4.78, 5) is 14.0. The third kappa shape index (κ3) is 2.39. The first-order valence-electron chi connectivity index (χ1n) is 8.50. The number of aryl methyl sites for hydroxylation is 1. The lowest BCUT2D eigenvalue weighted by atomic mass is 10.0. The van der Waals surface area contributed by atoms with Crippen molar-refractivity contribution >= 4 is 11.0 Å². The quantitative estimate of drug-likeness (QED) is 0.611. The van der Waals surface area contributed by atoms with Crippen molar-refractivity contribution in [1.82, 2.24) is 25.1 Å². The predicted octanol–water partition coefficient (Wildman–Crippen LogP) is 3.61. The first kappa shape index (κ1) is 14.3. The Morgan fingerprint density at radius 3 is 2.52 bits per heavy atom. The lowest BCUT2D eigenvalue weighted by molar-refractivity contribution is 0.715. The van der Waals surface area contributed by atoms with Gasteiger partial charge in [-0.2, -0.15) is 5.10 Å². The smallest absolute Gasteiger partial charge is 0.159 e. The number of fused-ring (bicyclic) bond motifs is 2. The third-order valence-electron chi connectivity index (χ3n) is 4.90. The summed E-state index contributed by atoms with van der Waals surface area (Å²) in [6.07, 6.45) is 3.87. The molecule has 5 heteroatoms. The highest BCUT2D eigenvalue weighted by molar-refractivity contribution is 5.88. The Hall–Kier alpha value is -3.08. The maximum Gasteiger partial charge on any atom is 0.159 e. The minimum atomic E-state index is 0.431. The monoisotopic (exact) mass is 327 g/mol. The van der Waals surface area contributed by atoms with Gasteiger partial charge < -0.3 is 0 Å². The van der Waals surface area contributed by atoms with Crippen LogP contribution in [0.4, 0.5) is 0 Å². The Kier molecular flexibility index (Phi) is 3.13. The Morgan fingerprint density at radius 1 is 0.920 bits per heavy atom. The highest BCUT2D eigenvalue weighted by Crippen LogP contribution is 2.34. The Balaban J connectivity index is 1.57. The average molecular weight is 327 g/mol. The molecule has 5 nitrogen and oxygen atoms in total. The fourth-order valence-electron chi connectivity index (χ4n) is 3.72. The molecule has 0 bridgehead atoms. The third-order valence-corrected chi connectivity index (χ3v) is 4.90. The summed E-state index contributed by atoms with van der Waals surface area (Å²) in [5.41, 5.74) is 6.48. The summed E-state index contributed by atoms with van der Waals surface area (Å²) in [5.74, 6) is 1.15. The van der Waals surface area contributed by atoms with E-state index in [-0.39, 0.29) is 0 Å². The van der Waals surface area contributed by atoms with Crippen LogP contribution in [0.2, 0.25) is 0 Å². The number of hydrogen-bond donors (Lipinski definition) is 1. The fourth-order valence-corrected chi connectivity index (χ4v) is 3.72. The Morgan fingerprint density at radius 2 is 1.72 bits per heavy atom. The molecule has 25 heavy (non-hydrogen) atoms. The fraction of sp³-hybridized carbons (Fsp3) is 0.200. The summed E-state index contributed by atoms with van der Waals surface area (Å²) >= 11 is 0. The van der Waals surface area contributed by atoms with Gasteiger partial charge in [-0.05, 0) is 43.0 Å². The van der Waals surface area contributed by atoms with Crippen LogP contribution >= 0.6 is 0 Å².